The highest BCUT2D eigenvalue weighted by atomic mass is 16.6. The minimum Gasteiger partial charge on any atom is -0.481 e. The molecule has 1 aliphatic heterocycles. The Hall–Kier alpha value is -2.50. The van der Waals surface area contributed by atoms with Crippen molar-refractivity contribution in [3.8, 4) is 0 Å². The van der Waals surface area contributed by atoms with Gasteiger partial charge in [0.1, 0.15) is 5.78 Å². The fraction of sp³-hybridized carbons (Fsp3) is 0.474. The molecule has 0 amide bonds. The Bertz CT molecular complexity index is 823. The molecule has 2 aliphatic carbocycles. The highest BCUT2D eigenvalue weighted by molar-refractivity contribution is 6.00. The van der Waals surface area contributed by atoms with Crippen molar-refractivity contribution < 1.29 is 29.0 Å². The molecular formula is C19H18O6. The number of fused-ring (bicyclic) bond motifs is 5. The number of esters is 2. The van der Waals surface area contributed by atoms with Gasteiger partial charge in [-0.05, 0) is 54.9 Å². The smallest absolute Gasteiger partial charge is 0.321 e. The summed E-state index contributed by atoms with van der Waals surface area (Å²) in [6.07, 6.45) is 2.10. The molecule has 6 nitrogen and oxygen atoms in total. The van der Waals surface area contributed by atoms with E-state index in [-0.39, 0.29) is 5.78 Å². The van der Waals surface area contributed by atoms with Crippen LogP contribution in [-0.2, 0) is 36.8 Å². The van der Waals surface area contributed by atoms with Crippen LogP contribution in [-0.4, -0.2) is 28.8 Å². The van der Waals surface area contributed by atoms with E-state index >= 15 is 0 Å². The average molecular weight is 342 g/mol. The van der Waals surface area contributed by atoms with E-state index in [0.717, 1.165) is 16.7 Å². The van der Waals surface area contributed by atoms with E-state index in [1.165, 1.54) is 6.92 Å². The number of Topliss-reactive ketones (excluding diaryl/α,β-unsaturated/α-hetero) is 1. The van der Waals surface area contributed by atoms with Gasteiger partial charge < -0.3 is 9.84 Å². The molecule has 25 heavy (non-hydrogen) atoms. The molecule has 4 atom stereocenters. The molecule has 0 radical (unpaired) electrons. The Kier molecular flexibility index (Phi) is 3.52. The number of ether oxygens (including phenoxy) is 1. The van der Waals surface area contributed by atoms with Gasteiger partial charge >= 0.3 is 17.9 Å². The van der Waals surface area contributed by atoms with Gasteiger partial charge in [0.15, 0.2) is 0 Å². The first-order valence-corrected chi connectivity index (χ1v) is 8.53. The van der Waals surface area contributed by atoms with E-state index in [2.05, 4.69) is 0 Å². The molecule has 0 saturated carbocycles. The van der Waals surface area contributed by atoms with Crippen LogP contribution in [0.5, 0.6) is 0 Å². The van der Waals surface area contributed by atoms with Crippen LogP contribution >= 0.6 is 0 Å². The molecule has 0 spiro atoms. The zero-order valence-electron chi connectivity index (χ0n) is 13.8. The van der Waals surface area contributed by atoms with Crippen LogP contribution < -0.4 is 0 Å². The van der Waals surface area contributed by atoms with Crippen molar-refractivity contribution in [2.24, 2.45) is 11.8 Å². The summed E-state index contributed by atoms with van der Waals surface area (Å²) in [6, 6.07) is 3.71. The van der Waals surface area contributed by atoms with E-state index in [1.54, 1.807) is 0 Å². The minimum absolute atomic E-state index is 0.189. The third-order valence-electron chi connectivity index (χ3n) is 5.88. The second kappa shape index (κ2) is 5.51. The second-order valence-corrected chi connectivity index (χ2v) is 7.14. The number of aryl methyl sites for hydroxylation is 1. The lowest BCUT2D eigenvalue weighted by molar-refractivity contribution is -0.153. The molecule has 0 bridgehead atoms. The number of cyclic esters (lactones) is 2. The Morgan fingerprint density at radius 3 is 2.56 bits per heavy atom. The summed E-state index contributed by atoms with van der Waals surface area (Å²) < 4.78 is 4.85. The van der Waals surface area contributed by atoms with E-state index < -0.39 is 41.6 Å². The highest BCUT2D eigenvalue weighted by Crippen LogP contribution is 2.48. The van der Waals surface area contributed by atoms with Gasteiger partial charge in [-0.1, -0.05) is 12.1 Å². The molecule has 1 saturated heterocycles. The van der Waals surface area contributed by atoms with Gasteiger partial charge in [0, 0.05) is 0 Å². The summed E-state index contributed by atoms with van der Waals surface area (Å²) in [6.45, 7) is 1.41. The maximum Gasteiger partial charge on any atom is 0.321 e. The zero-order chi connectivity index (χ0) is 17.9. The normalized spacial score (nSPS) is 30.1. The average Bonchev–Trinajstić information content (AvgIpc) is 2.87. The van der Waals surface area contributed by atoms with Crippen LogP contribution in [0.25, 0.3) is 0 Å². The fourth-order valence-corrected chi connectivity index (χ4v) is 4.81. The van der Waals surface area contributed by atoms with Crippen LogP contribution in [0, 0.1) is 11.8 Å². The highest BCUT2D eigenvalue weighted by Gasteiger charge is 2.50. The third kappa shape index (κ3) is 2.23. The van der Waals surface area contributed by atoms with E-state index in [9.17, 15) is 24.3 Å². The Labute approximate surface area is 144 Å². The lowest BCUT2D eigenvalue weighted by Gasteiger charge is -2.34. The SMILES string of the molecule is CC(=O)C1c2ccc3c(c2CCC1C(=O)O)C1C(=O)OC(=O)C1CC3. The van der Waals surface area contributed by atoms with E-state index in [0.29, 0.717) is 31.2 Å². The van der Waals surface area contributed by atoms with Crippen molar-refractivity contribution in [2.75, 3.05) is 0 Å². The summed E-state index contributed by atoms with van der Waals surface area (Å²) in [5.41, 5.74) is 3.37. The summed E-state index contributed by atoms with van der Waals surface area (Å²) in [5, 5.41) is 9.48. The lowest BCUT2D eigenvalue weighted by atomic mass is 9.66. The predicted molar refractivity (Wildman–Crippen MR) is 85.0 cm³/mol. The topological polar surface area (TPSA) is 97.7 Å². The van der Waals surface area contributed by atoms with Gasteiger partial charge in [0.05, 0.1) is 23.7 Å². The summed E-state index contributed by atoms with van der Waals surface area (Å²) in [7, 11) is 0. The third-order valence-corrected chi connectivity index (χ3v) is 5.88. The van der Waals surface area contributed by atoms with E-state index in [1.807, 2.05) is 12.1 Å². The number of rotatable bonds is 2. The molecule has 130 valence electrons. The number of carboxylic acids is 1. The summed E-state index contributed by atoms with van der Waals surface area (Å²) >= 11 is 0. The quantitative estimate of drug-likeness (QED) is 0.649. The van der Waals surface area contributed by atoms with Crippen molar-refractivity contribution in [1.82, 2.24) is 0 Å². The molecule has 1 N–H and O–H groups in total. The van der Waals surface area contributed by atoms with Crippen LogP contribution in [0.4, 0.5) is 0 Å². The van der Waals surface area contributed by atoms with Gasteiger partial charge in [-0.15, -0.1) is 0 Å². The number of benzene rings is 1. The maximum absolute atomic E-state index is 12.3. The molecule has 1 aromatic carbocycles. The number of ketones is 1. The lowest BCUT2D eigenvalue weighted by Crippen LogP contribution is -2.34. The van der Waals surface area contributed by atoms with Crippen molar-refractivity contribution in [2.45, 2.75) is 44.4 Å². The van der Waals surface area contributed by atoms with Gasteiger partial charge in [-0.25, -0.2) is 0 Å². The van der Waals surface area contributed by atoms with Crippen molar-refractivity contribution in [3.63, 3.8) is 0 Å². The first-order chi connectivity index (χ1) is 11.9. The van der Waals surface area contributed by atoms with Crippen molar-refractivity contribution in [3.05, 3.63) is 34.4 Å². The number of carboxylic acid groups (broad SMARTS) is 1. The van der Waals surface area contributed by atoms with Gasteiger partial charge in [-0.3, -0.25) is 19.2 Å². The van der Waals surface area contributed by atoms with Crippen molar-refractivity contribution >= 4 is 23.7 Å². The minimum atomic E-state index is -0.975. The Morgan fingerprint density at radius 2 is 1.88 bits per heavy atom. The number of carbonyl (C=O) groups excluding carboxylic acids is 3. The van der Waals surface area contributed by atoms with Gasteiger partial charge in [0.2, 0.25) is 0 Å². The molecule has 1 aromatic rings. The largest absolute Gasteiger partial charge is 0.481 e. The molecule has 6 heteroatoms. The first kappa shape index (κ1) is 16.0. The zero-order valence-corrected chi connectivity index (χ0v) is 13.8. The standard InChI is InChI=1S/C19H18O6/c1-8(20)14-10-4-2-9-3-5-13-16(19(24)25-18(13)23)15(9)11(10)6-7-12(14)17(21)22/h2,4,12-14,16H,3,5-7H2,1H3,(H,21,22). The maximum atomic E-state index is 12.3. The molecule has 4 unspecified atom stereocenters. The molecule has 1 fully saturated rings. The summed E-state index contributed by atoms with van der Waals surface area (Å²) in [4.78, 5) is 47.9. The number of carbonyl (C=O) groups is 4. The Balaban J connectivity index is 1.89. The van der Waals surface area contributed by atoms with Crippen LogP contribution in [0.2, 0.25) is 0 Å². The van der Waals surface area contributed by atoms with Crippen molar-refractivity contribution in [1.29, 1.82) is 0 Å². The molecule has 0 aromatic heterocycles. The number of hydrogen-bond donors (Lipinski definition) is 1. The molecule has 4 rings (SSSR count). The van der Waals surface area contributed by atoms with Crippen LogP contribution in [0.1, 0.15) is 53.9 Å². The first-order valence-electron chi connectivity index (χ1n) is 8.53. The Morgan fingerprint density at radius 1 is 1.12 bits per heavy atom. The molecular weight excluding hydrogens is 324 g/mol. The fourth-order valence-electron chi connectivity index (χ4n) is 4.81. The number of hydrogen-bond acceptors (Lipinski definition) is 5. The van der Waals surface area contributed by atoms with Crippen LogP contribution in [0.3, 0.4) is 0 Å². The number of aliphatic carboxylic acids is 1. The molecule has 3 aliphatic rings. The van der Waals surface area contributed by atoms with Gasteiger partial charge in [-0.2, -0.15) is 0 Å². The summed E-state index contributed by atoms with van der Waals surface area (Å²) in [5.74, 6) is -4.69. The van der Waals surface area contributed by atoms with Crippen LogP contribution in [0.15, 0.2) is 12.1 Å². The predicted octanol–water partition coefficient (Wildman–Crippen LogP) is 1.74. The second-order valence-electron chi connectivity index (χ2n) is 7.14. The van der Waals surface area contributed by atoms with E-state index in [4.69, 9.17) is 4.74 Å². The van der Waals surface area contributed by atoms with Gasteiger partial charge in [0.25, 0.3) is 0 Å². The molecule has 1 heterocycles. The monoisotopic (exact) mass is 342 g/mol.